The summed E-state index contributed by atoms with van der Waals surface area (Å²) >= 11 is 16.0. The molecule has 0 aromatic heterocycles. The van der Waals surface area contributed by atoms with E-state index in [4.69, 9.17) is 27.9 Å². The fourth-order valence-corrected chi connectivity index (χ4v) is 3.38. The number of rotatable bonds is 3. The average molecular weight is 367 g/mol. The van der Waals surface area contributed by atoms with Crippen molar-refractivity contribution in [1.29, 1.82) is 0 Å². The highest BCUT2D eigenvalue weighted by molar-refractivity contribution is 9.09. The lowest BCUT2D eigenvalue weighted by molar-refractivity contribution is -0.128. The summed E-state index contributed by atoms with van der Waals surface area (Å²) in [5, 5.41) is 2.29. The molecule has 2 rings (SSSR count). The molecule has 0 amide bonds. The Hall–Kier alpha value is 0.200. The fraction of sp³-hybridized carbons (Fsp3) is 0.571. The van der Waals surface area contributed by atoms with Crippen molar-refractivity contribution >= 4 is 39.1 Å². The standard InChI is InChI=1S/C14H18BrCl2NO/c1-14(2)9-18(7-10(6-15)19-14)8-11-12(16)4-3-5-13(11)17/h3-5,10H,6-9H2,1-2H3. The fourth-order valence-electron chi connectivity index (χ4n) is 2.52. The van der Waals surface area contributed by atoms with Crippen molar-refractivity contribution in [3.63, 3.8) is 0 Å². The van der Waals surface area contributed by atoms with Crippen molar-refractivity contribution in [2.24, 2.45) is 0 Å². The predicted molar refractivity (Wildman–Crippen MR) is 84.5 cm³/mol. The molecule has 0 spiro atoms. The van der Waals surface area contributed by atoms with Gasteiger partial charge >= 0.3 is 0 Å². The van der Waals surface area contributed by atoms with E-state index in [1.165, 1.54) is 0 Å². The van der Waals surface area contributed by atoms with Gasteiger partial charge in [0.2, 0.25) is 0 Å². The van der Waals surface area contributed by atoms with Crippen LogP contribution in [0, 0.1) is 0 Å². The molecule has 1 atom stereocenters. The highest BCUT2D eigenvalue weighted by Gasteiger charge is 2.33. The molecule has 1 aromatic carbocycles. The van der Waals surface area contributed by atoms with Crippen molar-refractivity contribution < 1.29 is 4.74 Å². The van der Waals surface area contributed by atoms with Gasteiger partial charge < -0.3 is 4.74 Å². The van der Waals surface area contributed by atoms with E-state index < -0.39 is 0 Å². The van der Waals surface area contributed by atoms with Crippen LogP contribution in [-0.4, -0.2) is 35.0 Å². The summed E-state index contributed by atoms with van der Waals surface area (Å²) in [5.41, 5.74) is 0.849. The zero-order valence-corrected chi connectivity index (χ0v) is 14.2. The highest BCUT2D eigenvalue weighted by atomic mass is 79.9. The largest absolute Gasteiger partial charge is 0.369 e. The van der Waals surface area contributed by atoms with E-state index in [0.29, 0.717) is 0 Å². The van der Waals surface area contributed by atoms with Crippen LogP contribution in [0.25, 0.3) is 0 Å². The van der Waals surface area contributed by atoms with Crippen LogP contribution < -0.4 is 0 Å². The van der Waals surface area contributed by atoms with E-state index in [9.17, 15) is 0 Å². The molecular weight excluding hydrogens is 349 g/mol. The molecule has 1 fully saturated rings. The zero-order valence-electron chi connectivity index (χ0n) is 11.1. The van der Waals surface area contributed by atoms with Gasteiger partial charge in [0.05, 0.1) is 11.7 Å². The summed E-state index contributed by atoms with van der Waals surface area (Å²) in [7, 11) is 0. The van der Waals surface area contributed by atoms with Gasteiger partial charge in [-0.15, -0.1) is 0 Å². The third-order valence-electron chi connectivity index (χ3n) is 3.17. The molecule has 0 radical (unpaired) electrons. The maximum atomic E-state index is 6.24. The molecule has 1 heterocycles. The second kappa shape index (κ2) is 6.31. The normalized spacial score (nSPS) is 23.5. The van der Waals surface area contributed by atoms with E-state index in [1.807, 2.05) is 18.2 Å². The predicted octanol–water partition coefficient (Wildman–Crippen LogP) is 4.37. The molecule has 2 nitrogen and oxygen atoms in total. The Bertz CT molecular complexity index is 433. The molecule has 19 heavy (non-hydrogen) atoms. The number of halogens is 3. The molecule has 1 aliphatic heterocycles. The Labute approximate surface area is 133 Å². The van der Waals surface area contributed by atoms with Gasteiger partial charge in [0.1, 0.15) is 0 Å². The molecule has 0 saturated carbocycles. The number of benzene rings is 1. The molecule has 0 N–H and O–H groups in total. The maximum absolute atomic E-state index is 6.24. The summed E-state index contributed by atoms with van der Waals surface area (Å²) in [5.74, 6) is 0. The van der Waals surface area contributed by atoms with E-state index in [-0.39, 0.29) is 11.7 Å². The molecule has 1 unspecified atom stereocenters. The van der Waals surface area contributed by atoms with Crippen molar-refractivity contribution in [3.05, 3.63) is 33.8 Å². The van der Waals surface area contributed by atoms with Crippen molar-refractivity contribution in [3.8, 4) is 0 Å². The minimum absolute atomic E-state index is 0.148. The van der Waals surface area contributed by atoms with Crippen molar-refractivity contribution in [2.45, 2.75) is 32.1 Å². The first kappa shape index (κ1) is 15.6. The Morgan fingerprint density at radius 2 is 2.00 bits per heavy atom. The van der Waals surface area contributed by atoms with E-state index in [1.54, 1.807) is 0 Å². The summed E-state index contributed by atoms with van der Waals surface area (Å²) in [6, 6.07) is 5.64. The first-order valence-electron chi connectivity index (χ1n) is 6.30. The quantitative estimate of drug-likeness (QED) is 0.736. The van der Waals surface area contributed by atoms with E-state index in [0.717, 1.165) is 40.6 Å². The minimum Gasteiger partial charge on any atom is -0.369 e. The van der Waals surface area contributed by atoms with Gasteiger partial charge in [-0.25, -0.2) is 0 Å². The van der Waals surface area contributed by atoms with Gasteiger partial charge in [0, 0.05) is 40.6 Å². The first-order chi connectivity index (χ1) is 8.91. The van der Waals surface area contributed by atoms with Gasteiger partial charge in [0.25, 0.3) is 0 Å². The smallest absolute Gasteiger partial charge is 0.0806 e. The second-order valence-electron chi connectivity index (χ2n) is 5.52. The van der Waals surface area contributed by atoms with Gasteiger partial charge in [0.15, 0.2) is 0 Å². The Morgan fingerprint density at radius 1 is 1.37 bits per heavy atom. The maximum Gasteiger partial charge on any atom is 0.0806 e. The lowest BCUT2D eigenvalue weighted by Crippen LogP contribution is -2.52. The van der Waals surface area contributed by atoms with Crippen LogP contribution in [-0.2, 0) is 11.3 Å². The summed E-state index contributed by atoms with van der Waals surface area (Å²) < 4.78 is 6.00. The van der Waals surface area contributed by atoms with Crippen LogP contribution in [0.1, 0.15) is 19.4 Å². The second-order valence-corrected chi connectivity index (χ2v) is 6.99. The lowest BCUT2D eigenvalue weighted by atomic mass is 10.0. The summed E-state index contributed by atoms with van der Waals surface area (Å²) in [6.07, 6.45) is 0.199. The molecule has 5 heteroatoms. The number of ether oxygens (including phenoxy) is 1. The van der Waals surface area contributed by atoms with Gasteiger partial charge in [-0.3, -0.25) is 4.90 Å². The Kier molecular flexibility index (Phi) is 5.18. The van der Waals surface area contributed by atoms with Crippen LogP contribution in [0.3, 0.4) is 0 Å². The summed E-state index contributed by atoms with van der Waals surface area (Å²) in [6.45, 7) is 6.75. The number of hydrogen-bond donors (Lipinski definition) is 0. The average Bonchev–Trinajstić information content (AvgIpc) is 2.32. The summed E-state index contributed by atoms with van der Waals surface area (Å²) in [4.78, 5) is 2.35. The van der Waals surface area contributed by atoms with Crippen LogP contribution >= 0.6 is 39.1 Å². The molecular formula is C14H18BrCl2NO. The van der Waals surface area contributed by atoms with Crippen molar-refractivity contribution in [1.82, 2.24) is 4.90 Å². The molecule has 1 aromatic rings. The van der Waals surface area contributed by atoms with Crippen LogP contribution in [0.2, 0.25) is 10.0 Å². The Morgan fingerprint density at radius 3 is 2.58 bits per heavy atom. The third-order valence-corrected chi connectivity index (χ3v) is 4.60. The van der Waals surface area contributed by atoms with E-state index >= 15 is 0 Å². The molecule has 0 bridgehead atoms. The van der Waals surface area contributed by atoms with Gasteiger partial charge in [-0.05, 0) is 26.0 Å². The lowest BCUT2D eigenvalue weighted by Gasteiger charge is -2.42. The monoisotopic (exact) mass is 365 g/mol. The first-order valence-corrected chi connectivity index (χ1v) is 8.18. The molecule has 1 saturated heterocycles. The van der Waals surface area contributed by atoms with Crippen LogP contribution in [0.5, 0.6) is 0 Å². The third kappa shape index (κ3) is 4.08. The topological polar surface area (TPSA) is 12.5 Å². The van der Waals surface area contributed by atoms with Crippen molar-refractivity contribution in [2.75, 3.05) is 18.4 Å². The molecule has 0 aliphatic carbocycles. The molecule has 106 valence electrons. The zero-order chi connectivity index (χ0) is 14.0. The van der Waals surface area contributed by atoms with Crippen LogP contribution in [0.15, 0.2) is 18.2 Å². The highest BCUT2D eigenvalue weighted by Crippen LogP contribution is 2.29. The number of nitrogens with zero attached hydrogens (tertiary/aromatic N) is 1. The van der Waals surface area contributed by atoms with Gasteiger partial charge in [-0.2, -0.15) is 0 Å². The number of alkyl halides is 1. The Balaban J connectivity index is 2.14. The number of morpholine rings is 1. The molecule has 1 aliphatic rings. The SMILES string of the molecule is CC1(C)CN(Cc2c(Cl)cccc2Cl)CC(CBr)O1. The minimum atomic E-state index is -0.148. The van der Waals surface area contributed by atoms with Gasteiger partial charge in [-0.1, -0.05) is 45.2 Å². The number of hydrogen-bond acceptors (Lipinski definition) is 2. The van der Waals surface area contributed by atoms with E-state index in [2.05, 4.69) is 34.7 Å². The van der Waals surface area contributed by atoms with Crippen LogP contribution in [0.4, 0.5) is 0 Å².